The van der Waals surface area contributed by atoms with Crippen molar-refractivity contribution in [3.05, 3.63) is 35.2 Å². The minimum atomic E-state index is 0.0261. The topological polar surface area (TPSA) is 29.3 Å². The molecule has 0 saturated heterocycles. The maximum Gasteiger partial charge on any atom is 0.0496 e. The quantitative estimate of drug-likeness (QED) is 0.893. The first-order chi connectivity index (χ1) is 9.06. The molecule has 0 aliphatic carbocycles. The third kappa shape index (κ3) is 2.31. The van der Waals surface area contributed by atoms with Crippen LogP contribution in [0.25, 0.3) is 10.1 Å². The predicted molar refractivity (Wildman–Crippen MR) is 85.8 cm³/mol. The van der Waals surface area contributed by atoms with Crippen molar-refractivity contribution in [2.75, 3.05) is 14.1 Å². The van der Waals surface area contributed by atoms with Crippen LogP contribution in [0.1, 0.15) is 38.3 Å². The Balaban J connectivity index is 2.53. The summed E-state index contributed by atoms with van der Waals surface area (Å²) in [5.74, 6) is 0. The lowest BCUT2D eigenvalue weighted by Crippen LogP contribution is -2.51. The van der Waals surface area contributed by atoms with Gasteiger partial charge >= 0.3 is 0 Å². The maximum atomic E-state index is 6.69. The number of nitrogens with two attached hydrogens (primary N) is 1. The summed E-state index contributed by atoms with van der Waals surface area (Å²) < 4.78 is 1.34. The van der Waals surface area contributed by atoms with Gasteiger partial charge in [0, 0.05) is 16.3 Å². The van der Waals surface area contributed by atoms with Gasteiger partial charge in [0.2, 0.25) is 0 Å². The second-order valence-corrected chi connectivity index (χ2v) is 6.29. The SMILES string of the molecule is CCC(CC)(C(N)c1cccc2ccsc12)N(C)C. The molecule has 104 valence electrons. The molecule has 0 saturated carbocycles. The van der Waals surface area contributed by atoms with Crippen LogP contribution in [0.2, 0.25) is 0 Å². The zero-order valence-corrected chi connectivity index (χ0v) is 13.1. The molecule has 0 bridgehead atoms. The summed E-state index contributed by atoms with van der Waals surface area (Å²) in [4.78, 5) is 2.30. The molecular weight excluding hydrogens is 252 g/mol. The van der Waals surface area contributed by atoms with Crippen molar-refractivity contribution < 1.29 is 0 Å². The number of hydrogen-bond donors (Lipinski definition) is 1. The van der Waals surface area contributed by atoms with Gasteiger partial charge in [-0.25, -0.2) is 0 Å². The fourth-order valence-electron chi connectivity index (χ4n) is 3.15. The normalized spacial score (nSPS) is 14.2. The van der Waals surface area contributed by atoms with Gasteiger partial charge in [-0.2, -0.15) is 0 Å². The second kappa shape index (κ2) is 5.61. The molecule has 1 heterocycles. The molecule has 3 heteroatoms. The van der Waals surface area contributed by atoms with E-state index in [2.05, 4.69) is 62.5 Å². The third-order valence-corrected chi connectivity index (χ3v) is 5.52. The molecule has 1 aromatic heterocycles. The van der Waals surface area contributed by atoms with Crippen LogP contribution in [0.4, 0.5) is 0 Å². The number of thiophene rings is 1. The van der Waals surface area contributed by atoms with E-state index in [4.69, 9.17) is 5.73 Å². The van der Waals surface area contributed by atoms with E-state index in [0.29, 0.717) is 0 Å². The van der Waals surface area contributed by atoms with Gasteiger partial charge < -0.3 is 10.6 Å². The Kier molecular flexibility index (Phi) is 4.29. The smallest absolute Gasteiger partial charge is 0.0496 e. The van der Waals surface area contributed by atoms with Gasteiger partial charge in [0.05, 0.1) is 0 Å². The third-order valence-electron chi connectivity index (χ3n) is 4.54. The van der Waals surface area contributed by atoms with Crippen molar-refractivity contribution in [3.63, 3.8) is 0 Å². The van der Waals surface area contributed by atoms with E-state index >= 15 is 0 Å². The zero-order chi connectivity index (χ0) is 14.0. The molecule has 1 unspecified atom stereocenters. The van der Waals surface area contributed by atoms with Crippen LogP contribution < -0.4 is 5.73 Å². The van der Waals surface area contributed by atoms with E-state index in [-0.39, 0.29) is 11.6 Å². The molecule has 0 fully saturated rings. The summed E-state index contributed by atoms with van der Waals surface area (Å²) in [6.07, 6.45) is 2.11. The summed E-state index contributed by atoms with van der Waals surface area (Å²) in [6, 6.07) is 8.69. The molecule has 0 amide bonds. The van der Waals surface area contributed by atoms with Gasteiger partial charge in [0.15, 0.2) is 0 Å². The van der Waals surface area contributed by atoms with Gasteiger partial charge in [0.1, 0.15) is 0 Å². The van der Waals surface area contributed by atoms with Gasteiger partial charge in [-0.05, 0) is 49.3 Å². The molecular formula is C16H24N2S. The van der Waals surface area contributed by atoms with Crippen LogP contribution in [-0.2, 0) is 0 Å². The van der Waals surface area contributed by atoms with Crippen molar-refractivity contribution in [2.24, 2.45) is 5.73 Å². The lowest BCUT2D eigenvalue weighted by molar-refractivity contribution is 0.106. The Morgan fingerprint density at radius 3 is 2.47 bits per heavy atom. The average molecular weight is 276 g/mol. The first kappa shape index (κ1) is 14.5. The minimum Gasteiger partial charge on any atom is -0.322 e. The van der Waals surface area contributed by atoms with Crippen LogP contribution >= 0.6 is 11.3 Å². The standard InChI is InChI=1S/C16H24N2S/c1-5-16(6-2,18(3)4)15(17)13-9-7-8-12-10-11-19-14(12)13/h7-11,15H,5-6,17H2,1-4H3. The maximum absolute atomic E-state index is 6.69. The molecule has 0 aliphatic heterocycles. The number of fused-ring (bicyclic) bond motifs is 1. The lowest BCUT2D eigenvalue weighted by Gasteiger charge is -2.43. The number of hydrogen-bond acceptors (Lipinski definition) is 3. The number of likely N-dealkylation sites (N-methyl/N-ethyl adjacent to an activating group) is 1. The van der Waals surface area contributed by atoms with Gasteiger partial charge in [-0.15, -0.1) is 11.3 Å². The summed E-state index contributed by atoms with van der Waals surface area (Å²) in [7, 11) is 4.28. The van der Waals surface area contributed by atoms with Gasteiger partial charge in [0.25, 0.3) is 0 Å². The molecule has 2 N–H and O–H groups in total. The van der Waals surface area contributed by atoms with Crippen LogP contribution in [0, 0.1) is 0 Å². The fraction of sp³-hybridized carbons (Fsp3) is 0.500. The monoisotopic (exact) mass is 276 g/mol. The summed E-state index contributed by atoms with van der Waals surface area (Å²) >= 11 is 1.79. The van der Waals surface area contributed by atoms with Crippen molar-refractivity contribution in [1.29, 1.82) is 0 Å². The minimum absolute atomic E-state index is 0.0261. The summed E-state index contributed by atoms with van der Waals surface area (Å²) in [5.41, 5.74) is 7.99. The van der Waals surface area contributed by atoms with E-state index in [1.54, 1.807) is 11.3 Å². The number of rotatable bonds is 5. The van der Waals surface area contributed by atoms with Crippen molar-refractivity contribution in [2.45, 2.75) is 38.3 Å². The summed E-state index contributed by atoms with van der Waals surface area (Å²) in [6.45, 7) is 4.47. The Hall–Kier alpha value is -0.900. The fourth-order valence-corrected chi connectivity index (χ4v) is 4.10. The van der Waals surface area contributed by atoms with Crippen LogP contribution in [-0.4, -0.2) is 24.5 Å². The Morgan fingerprint density at radius 1 is 1.21 bits per heavy atom. The van der Waals surface area contributed by atoms with Crippen molar-refractivity contribution >= 4 is 21.4 Å². The highest BCUT2D eigenvalue weighted by Crippen LogP contribution is 2.38. The van der Waals surface area contributed by atoms with Crippen LogP contribution in [0.5, 0.6) is 0 Å². The Labute approximate surface area is 120 Å². The van der Waals surface area contributed by atoms with Crippen molar-refractivity contribution in [3.8, 4) is 0 Å². The molecule has 0 aliphatic rings. The van der Waals surface area contributed by atoms with Crippen LogP contribution in [0.15, 0.2) is 29.6 Å². The molecule has 19 heavy (non-hydrogen) atoms. The molecule has 0 spiro atoms. The first-order valence-electron chi connectivity index (χ1n) is 6.96. The van der Waals surface area contributed by atoms with Gasteiger partial charge in [-0.3, -0.25) is 0 Å². The molecule has 1 atom stereocenters. The average Bonchev–Trinajstić information content (AvgIpc) is 2.88. The number of benzene rings is 1. The molecule has 2 rings (SSSR count). The zero-order valence-electron chi connectivity index (χ0n) is 12.3. The molecule has 0 radical (unpaired) electrons. The van der Waals surface area contributed by atoms with E-state index in [0.717, 1.165) is 12.8 Å². The van der Waals surface area contributed by atoms with Crippen molar-refractivity contribution in [1.82, 2.24) is 4.90 Å². The van der Waals surface area contributed by atoms with E-state index in [1.807, 2.05) is 0 Å². The first-order valence-corrected chi connectivity index (χ1v) is 7.84. The summed E-state index contributed by atoms with van der Waals surface area (Å²) in [5, 5.41) is 3.45. The highest BCUT2D eigenvalue weighted by molar-refractivity contribution is 7.17. The number of nitrogens with zero attached hydrogens (tertiary/aromatic N) is 1. The molecule has 1 aromatic carbocycles. The van der Waals surface area contributed by atoms with E-state index in [1.165, 1.54) is 15.6 Å². The van der Waals surface area contributed by atoms with E-state index in [9.17, 15) is 0 Å². The predicted octanol–water partition coefficient (Wildman–Crippen LogP) is 4.02. The van der Waals surface area contributed by atoms with E-state index < -0.39 is 0 Å². The molecule has 2 nitrogen and oxygen atoms in total. The van der Waals surface area contributed by atoms with Crippen LogP contribution in [0.3, 0.4) is 0 Å². The largest absolute Gasteiger partial charge is 0.322 e. The highest BCUT2D eigenvalue weighted by atomic mass is 32.1. The Bertz CT molecular complexity index is 540. The second-order valence-electron chi connectivity index (χ2n) is 5.37. The highest BCUT2D eigenvalue weighted by Gasteiger charge is 2.37. The van der Waals surface area contributed by atoms with Gasteiger partial charge in [-0.1, -0.05) is 32.0 Å². The molecule has 2 aromatic rings. The Morgan fingerprint density at radius 2 is 1.89 bits per heavy atom. The lowest BCUT2D eigenvalue weighted by atomic mass is 9.80.